The molecule has 5 rings (SSSR count). The average Bonchev–Trinajstić information content (AvgIpc) is 3.53. The molecular formula is C40H43Cl3N4O7S2. The van der Waals surface area contributed by atoms with Gasteiger partial charge in [-0.2, -0.15) is 13.1 Å². The summed E-state index contributed by atoms with van der Waals surface area (Å²) >= 11 is 19.0. The van der Waals surface area contributed by atoms with Gasteiger partial charge < -0.3 is 14.2 Å². The van der Waals surface area contributed by atoms with Crippen molar-refractivity contribution >= 4 is 72.4 Å². The predicted octanol–water partition coefficient (Wildman–Crippen LogP) is 11.0. The quantitative estimate of drug-likeness (QED) is 0.0548. The smallest absolute Gasteiger partial charge is 0.340 e. The molecule has 1 amide bonds. The summed E-state index contributed by atoms with van der Waals surface area (Å²) in [5.41, 5.74) is 0.237. The zero-order valence-electron chi connectivity index (χ0n) is 30.7. The van der Waals surface area contributed by atoms with E-state index in [1.54, 1.807) is 18.2 Å². The average molecular weight is 862 g/mol. The molecule has 16 heteroatoms. The van der Waals surface area contributed by atoms with Crippen molar-refractivity contribution in [2.24, 2.45) is 0 Å². The van der Waals surface area contributed by atoms with Crippen LogP contribution in [0.25, 0.3) is 5.69 Å². The molecule has 0 aliphatic heterocycles. The van der Waals surface area contributed by atoms with Gasteiger partial charge in [0.15, 0.2) is 5.82 Å². The van der Waals surface area contributed by atoms with Gasteiger partial charge in [-0.25, -0.2) is 8.42 Å². The Balaban J connectivity index is 1.21. The third-order valence-corrected chi connectivity index (χ3v) is 12.0. The first-order valence-electron chi connectivity index (χ1n) is 18.3. The summed E-state index contributed by atoms with van der Waals surface area (Å²) in [4.78, 5) is 13.3. The van der Waals surface area contributed by atoms with E-state index in [-0.39, 0.29) is 53.5 Å². The lowest BCUT2D eigenvalue weighted by Crippen LogP contribution is -2.15. The molecule has 2 N–H and O–H groups in total. The van der Waals surface area contributed by atoms with Crippen LogP contribution in [0, 0.1) is 0 Å². The van der Waals surface area contributed by atoms with E-state index >= 15 is 0 Å². The molecule has 56 heavy (non-hydrogen) atoms. The molecule has 0 unspecified atom stereocenters. The summed E-state index contributed by atoms with van der Waals surface area (Å²) in [6.07, 6.45) is 12.3. The monoisotopic (exact) mass is 860 g/mol. The van der Waals surface area contributed by atoms with Crippen molar-refractivity contribution in [3.05, 3.63) is 118 Å². The van der Waals surface area contributed by atoms with Crippen LogP contribution in [0.15, 0.2) is 107 Å². The summed E-state index contributed by atoms with van der Waals surface area (Å²) in [5, 5.41) is 7.17. The molecule has 11 nitrogen and oxygen atoms in total. The van der Waals surface area contributed by atoms with Crippen LogP contribution in [0.5, 0.6) is 11.6 Å². The third kappa shape index (κ3) is 12.1. The molecule has 1 aromatic heterocycles. The zero-order chi connectivity index (χ0) is 40.1. The number of rotatable bonds is 21. The van der Waals surface area contributed by atoms with E-state index < -0.39 is 26.0 Å². The second kappa shape index (κ2) is 20.2. The minimum Gasteiger partial charge on any atom is -0.494 e. The number of hydrogen-bond acceptors (Lipinski definition) is 8. The van der Waals surface area contributed by atoms with E-state index in [4.69, 9.17) is 43.7 Å². The lowest BCUT2D eigenvalue weighted by molar-refractivity contribution is 0.102. The van der Waals surface area contributed by atoms with Crippen LogP contribution in [-0.4, -0.2) is 39.1 Å². The maximum absolute atomic E-state index is 13.4. The minimum atomic E-state index is -4.36. The third-order valence-electron chi connectivity index (χ3n) is 8.62. The van der Waals surface area contributed by atoms with Crippen molar-refractivity contribution in [1.29, 1.82) is 0 Å². The molecular weight excluding hydrogens is 819 g/mol. The lowest BCUT2D eigenvalue weighted by atomic mass is 10.1. The molecule has 0 saturated carbocycles. The van der Waals surface area contributed by atoms with E-state index in [9.17, 15) is 21.6 Å². The van der Waals surface area contributed by atoms with Crippen LogP contribution in [0.1, 0.15) is 81.5 Å². The minimum absolute atomic E-state index is 0.0155. The van der Waals surface area contributed by atoms with Crippen LogP contribution < -0.4 is 19.0 Å². The number of sulfonamides is 1. The number of hydrogen-bond donors (Lipinski definition) is 2. The van der Waals surface area contributed by atoms with E-state index in [1.165, 1.54) is 130 Å². The van der Waals surface area contributed by atoms with Crippen molar-refractivity contribution in [3.63, 3.8) is 0 Å². The Kier molecular flexibility index (Phi) is 15.5. The van der Waals surface area contributed by atoms with E-state index in [2.05, 4.69) is 22.1 Å². The Labute approximate surface area is 343 Å². The van der Waals surface area contributed by atoms with Gasteiger partial charge in [-0.05, 0) is 73.2 Å². The van der Waals surface area contributed by atoms with Gasteiger partial charge in [-0.1, -0.05) is 124 Å². The second-order valence-corrected chi connectivity index (χ2v) is 17.5. The first kappa shape index (κ1) is 42.9. The number of nitrogens with one attached hydrogen (secondary N) is 2. The fraction of sp³-hybridized carbons (Fsp3) is 0.300. The van der Waals surface area contributed by atoms with Gasteiger partial charge in [0.2, 0.25) is 5.88 Å². The number of ether oxygens (including phenoxy) is 1. The Hall–Kier alpha value is -4.27. The van der Waals surface area contributed by atoms with Gasteiger partial charge in [0, 0.05) is 22.3 Å². The van der Waals surface area contributed by atoms with Crippen LogP contribution >= 0.6 is 34.8 Å². The van der Waals surface area contributed by atoms with E-state index in [1.807, 2.05) is 0 Å². The normalized spacial score (nSPS) is 11.6. The van der Waals surface area contributed by atoms with Crippen molar-refractivity contribution in [1.82, 2.24) is 9.78 Å². The molecule has 1 heterocycles. The van der Waals surface area contributed by atoms with Gasteiger partial charge in [0.05, 0.1) is 21.5 Å². The Morgan fingerprint density at radius 3 is 1.98 bits per heavy atom. The molecule has 0 atom stereocenters. The van der Waals surface area contributed by atoms with Crippen molar-refractivity contribution < 1.29 is 30.6 Å². The summed E-state index contributed by atoms with van der Waals surface area (Å²) in [5.74, 6) is -0.581. The molecule has 0 fully saturated rings. The Morgan fingerprint density at radius 2 is 1.34 bits per heavy atom. The van der Waals surface area contributed by atoms with E-state index in [0.717, 1.165) is 17.5 Å². The molecule has 0 aliphatic carbocycles. The van der Waals surface area contributed by atoms with Crippen LogP contribution in [-0.2, 0) is 20.1 Å². The topological polar surface area (TPSA) is 146 Å². The van der Waals surface area contributed by atoms with Gasteiger partial charge >= 0.3 is 10.1 Å². The largest absolute Gasteiger partial charge is 0.494 e. The number of benzene rings is 4. The zero-order valence-corrected chi connectivity index (χ0v) is 34.6. The van der Waals surface area contributed by atoms with Gasteiger partial charge in [0.1, 0.15) is 16.3 Å². The maximum atomic E-state index is 13.4. The molecule has 0 radical (unpaired) electrons. The SMILES string of the molecule is CCCCCCCCCCCCOc1ccc(S(=O)(=O)Nc2cccc(C(=O)Nc3cc(OS(=O)(=O)c4ccccc4)n(-c4c(Cl)cc(Cl)cc4Cl)n3)c2)cc1. The maximum Gasteiger partial charge on any atom is 0.340 e. The summed E-state index contributed by atoms with van der Waals surface area (Å²) < 4.78 is 67.6. The van der Waals surface area contributed by atoms with Gasteiger partial charge in [0.25, 0.3) is 15.9 Å². The standard InChI is InChI=1S/C40H43Cl3N4O7S2/c1-2-3-4-5-6-7-8-9-10-14-24-53-32-20-22-33(23-21-32)55(49,50)46-31-17-15-16-29(25-31)40(48)44-37-28-38(54-56(51,52)34-18-12-11-13-19-34)47(45-37)39-35(42)26-30(41)27-36(39)43/h11-13,15-23,25-28,46H,2-10,14,24H2,1H3,(H,44,45,48). The molecule has 298 valence electrons. The van der Waals surface area contributed by atoms with Crippen LogP contribution in [0.2, 0.25) is 15.1 Å². The van der Waals surface area contributed by atoms with Gasteiger partial charge in [-0.15, -0.1) is 5.10 Å². The number of unbranched alkanes of at least 4 members (excludes halogenated alkanes) is 9. The predicted molar refractivity (Wildman–Crippen MR) is 222 cm³/mol. The number of nitrogens with zero attached hydrogens (tertiary/aromatic N) is 2. The van der Waals surface area contributed by atoms with Crippen LogP contribution in [0.4, 0.5) is 11.5 Å². The molecule has 0 bridgehead atoms. The first-order chi connectivity index (χ1) is 26.9. The highest BCUT2D eigenvalue weighted by molar-refractivity contribution is 7.92. The second-order valence-electron chi connectivity index (χ2n) is 13.0. The van der Waals surface area contributed by atoms with Crippen molar-refractivity contribution in [3.8, 4) is 17.3 Å². The Morgan fingerprint density at radius 1 is 0.714 bits per heavy atom. The summed E-state index contributed by atoms with van der Waals surface area (Å²) in [6, 6.07) is 23.3. The number of anilines is 2. The molecule has 0 aliphatic rings. The summed E-state index contributed by atoms with van der Waals surface area (Å²) in [7, 11) is -8.39. The fourth-order valence-corrected chi connectivity index (χ4v) is 8.71. The lowest BCUT2D eigenvalue weighted by Gasteiger charge is -2.12. The highest BCUT2D eigenvalue weighted by Gasteiger charge is 2.25. The number of carbonyl (C=O) groups is 1. The van der Waals surface area contributed by atoms with Crippen molar-refractivity contribution in [2.45, 2.75) is 80.9 Å². The first-order valence-corrected chi connectivity index (χ1v) is 22.3. The molecule has 5 aromatic rings. The highest BCUT2D eigenvalue weighted by atomic mass is 35.5. The molecule has 4 aromatic carbocycles. The molecule has 0 spiro atoms. The van der Waals surface area contributed by atoms with Crippen LogP contribution in [0.3, 0.4) is 0 Å². The number of amides is 1. The van der Waals surface area contributed by atoms with Crippen molar-refractivity contribution in [2.75, 3.05) is 16.6 Å². The van der Waals surface area contributed by atoms with Gasteiger partial charge in [-0.3, -0.25) is 9.52 Å². The fourth-order valence-electron chi connectivity index (χ4n) is 5.75. The molecule has 0 saturated heterocycles. The number of halogens is 3. The number of carbonyl (C=O) groups excluding carboxylic acids is 1. The summed E-state index contributed by atoms with van der Waals surface area (Å²) in [6.45, 7) is 2.78. The Bertz CT molecular complexity index is 2280. The highest BCUT2D eigenvalue weighted by Crippen LogP contribution is 2.36. The number of aromatic nitrogens is 2. The van der Waals surface area contributed by atoms with E-state index in [0.29, 0.717) is 12.4 Å².